The Morgan fingerprint density at radius 2 is 1.74 bits per heavy atom. The molecule has 0 radical (unpaired) electrons. The van der Waals surface area contributed by atoms with Crippen LogP contribution >= 0.6 is 0 Å². The zero-order valence-electron chi connectivity index (χ0n) is 14.3. The van der Waals surface area contributed by atoms with Crippen LogP contribution in [0, 0.1) is 11.8 Å². The number of fused-ring (bicyclic) bond motifs is 1. The van der Waals surface area contributed by atoms with Gasteiger partial charge in [0.1, 0.15) is 0 Å². The lowest BCUT2D eigenvalue weighted by molar-refractivity contribution is -0.925. The molecule has 1 aliphatic rings. The van der Waals surface area contributed by atoms with Gasteiger partial charge in [0.2, 0.25) is 0 Å². The van der Waals surface area contributed by atoms with Gasteiger partial charge in [-0.25, -0.2) is 0 Å². The fraction of sp³-hybridized carbons (Fsp3) is 0.450. The van der Waals surface area contributed by atoms with Crippen molar-refractivity contribution < 1.29 is 9.69 Å². The van der Waals surface area contributed by atoms with Gasteiger partial charge in [-0.15, -0.1) is 0 Å². The molecular formula is C20H27N2O+. The van der Waals surface area contributed by atoms with Crippen LogP contribution in [0.4, 0.5) is 5.69 Å². The Labute approximate surface area is 138 Å². The van der Waals surface area contributed by atoms with E-state index in [0.29, 0.717) is 11.8 Å². The van der Waals surface area contributed by atoms with Gasteiger partial charge in [0, 0.05) is 17.5 Å². The summed E-state index contributed by atoms with van der Waals surface area (Å²) in [5.41, 5.74) is 0.887. The molecule has 1 amide bonds. The Morgan fingerprint density at radius 3 is 2.43 bits per heavy atom. The summed E-state index contributed by atoms with van der Waals surface area (Å²) in [5.74, 6) is 1.52. The number of piperidine rings is 1. The minimum atomic E-state index is -0.00771. The van der Waals surface area contributed by atoms with Gasteiger partial charge >= 0.3 is 0 Å². The van der Waals surface area contributed by atoms with Crippen molar-refractivity contribution >= 4 is 22.4 Å². The van der Waals surface area contributed by atoms with Gasteiger partial charge in [-0.05, 0) is 36.2 Å². The van der Waals surface area contributed by atoms with Crippen molar-refractivity contribution in [1.29, 1.82) is 0 Å². The monoisotopic (exact) mass is 311 g/mol. The van der Waals surface area contributed by atoms with Crippen LogP contribution in [0.1, 0.15) is 27.2 Å². The van der Waals surface area contributed by atoms with Crippen molar-refractivity contribution in [2.24, 2.45) is 11.8 Å². The normalized spacial score (nSPS) is 26.0. The maximum atomic E-state index is 12.6. The number of amides is 1. The average molecular weight is 311 g/mol. The zero-order chi connectivity index (χ0) is 16.4. The van der Waals surface area contributed by atoms with E-state index in [4.69, 9.17) is 0 Å². The maximum absolute atomic E-state index is 12.6. The topological polar surface area (TPSA) is 33.5 Å². The van der Waals surface area contributed by atoms with Crippen LogP contribution in [0.15, 0.2) is 42.5 Å². The lowest BCUT2D eigenvalue weighted by Crippen LogP contribution is -3.18. The quantitative estimate of drug-likeness (QED) is 0.898. The van der Waals surface area contributed by atoms with Crippen molar-refractivity contribution in [2.45, 2.75) is 33.2 Å². The van der Waals surface area contributed by atoms with E-state index in [1.54, 1.807) is 0 Å². The summed E-state index contributed by atoms with van der Waals surface area (Å²) < 4.78 is 0. The predicted octanol–water partition coefficient (Wildman–Crippen LogP) is 2.73. The molecule has 0 saturated carbocycles. The Morgan fingerprint density at radius 1 is 1.09 bits per heavy atom. The van der Waals surface area contributed by atoms with Crippen LogP contribution < -0.4 is 10.2 Å². The fourth-order valence-corrected chi connectivity index (χ4v) is 3.89. The first-order valence-corrected chi connectivity index (χ1v) is 8.67. The molecule has 3 rings (SSSR count). The Balaban J connectivity index is 1.69. The first kappa shape index (κ1) is 16.0. The van der Waals surface area contributed by atoms with Crippen LogP contribution in [-0.2, 0) is 4.79 Å². The number of quaternary nitrogens is 1. The van der Waals surface area contributed by atoms with E-state index in [9.17, 15) is 4.79 Å². The average Bonchev–Trinajstić information content (AvgIpc) is 2.53. The number of hydrogen-bond donors (Lipinski definition) is 2. The highest BCUT2D eigenvalue weighted by Gasteiger charge is 2.32. The third-order valence-electron chi connectivity index (χ3n) is 5.05. The van der Waals surface area contributed by atoms with Gasteiger partial charge < -0.3 is 10.2 Å². The molecule has 1 fully saturated rings. The summed E-state index contributed by atoms with van der Waals surface area (Å²) in [5, 5.41) is 5.46. The predicted molar refractivity (Wildman–Crippen MR) is 95.7 cm³/mol. The van der Waals surface area contributed by atoms with Crippen LogP contribution in [0.25, 0.3) is 10.8 Å². The Bertz CT molecular complexity index is 687. The molecule has 4 atom stereocenters. The second kappa shape index (κ2) is 6.71. The molecule has 3 heteroatoms. The fourth-order valence-electron chi connectivity index (χ4n) is 3.89. The minimum Gasteiger partial charge on any atom is -0.324 e. The van der Waals surface area contributed by atoms with E-state index in [2.05, 4.69) is 50.4 Å². The molecule has 0 spiro atoms. The first-order chi connectivity index (χ1) is 11.0. The highest BCUT2D eigenvalue weighted by atomic mass is 16.2. The van der Waals surface area contributed by atoms with Crippen LogP contribution in [0.3, 0.4) is 0 Å². The van der Waals surface area contributed by atoms with Gasteiger partial charge in [-0.3, -0.25) is 4.79 Å². The molecule has 1 heterocycles. The highest BCUT2D eigenvalue weighted by molar-refractivity contribution is 5.96. The highest BCUT2D eigenvalue weighted by Crippen LogP contribution is 2.19. The first-order valence-electron chi connectivity index (χ1n) is 8.67. The van der Waals surface area contributed by atoms with E-state index in [1.165, 1.54) is 16.7 Å². The SMILES string of the molecule is C[C@@H]1C[C@H](C)C[NH+]([C@@H](C)C(=O)Nc2ccc3ccccc3c2)C1. The lowest BCUT2D eigenvalue weighted by Gasteiger charge is -2.35. The van der Waals surface area contributed by atoms with E-state index < -0.39 is 0 Å². The number of nitrogens with one attached hydrogen (secondary N) is 2. The summed E-state index contributed by atoms with van der Waals surface area (Å²) >= 11 is 0. The third kappa shape index (κ3) is 3.73. The van der Waals surface area contributed by atoms with E-state index in [1.807, 2.05) is 18.2 Å². The second-order valence-corrected chi connectivity index (χ2v) is 7.29. The van der Waals surface area contributed by atoms with Gasteiger partial charge in [0.25, 0.3) is 5.91 Å². The molecular weight excluding hydrogens is 284 g/mol. The van der Waals surface area contributed by atoms with E-state index in [-0.39, 0.29) is 11.9 Å². The Hall–Kier alpha value is -1.87. The van der Waals surface area contributed by atoms with Crippen LogP contribution in [-0.4, -0.2) is 25.0 Å². The summed E-state index contributed by atoms with van der Waals surface area (Å²) in [6, 6.07) is 14.3. The van der Waals surface area contributed by atoms with Crippen molar-refractivity contribution in [3.63, 3.8) is 0 Å². The molecule has 0 bridgehead atoms. The largest absolute Gasteiger partial charge is 0.324 e. The van der Waals surface area contributed by atoms with Crippen molar-refractivity contribution in [2.75, 3.05) is 18.4 Å². The van der Waals surface area contributed by atoms with Crippen LogP contribution in [0.5, 0.6) is 0 Å². The summed E-state index contributed by atoms with van der Waals surface area (Å²) in [6.45, 7) is 8.83. The van der Waals surface area contributed by atoms with Crippen molar-refractivity contribution in [3.8, 4) is 0 Å². The van der Waals surface area contributed by atoms with Gasteiger partial charge in [-0.2, -0.15) is 0 Å². The van der Waals surface area contributed by atoms with Gasteiger partial charge in [0.15, 0.2) is 6.04 Å². The Kier molecular flexibility index (Phi) is 4.67. The second-order valence-electron chi connectivity index (χ2n) is 7.29. The number of hydrogen-bond acceptors (Lipinski definition) is 1. The molecule has 2 aromatic carbocycles. The van der Waals surface area contributed by atoms with Crippen LogP contribution in [0.2, 0.25) is 0 Å². The number of carbonyl (C=O) groups is 1. The molecule has 2 aromatic rings. The number of carbonyl (C=O) groups excluding carboxylic acids is 1. The molecule has 0 aliphatic carbocycles. The number of benzene rings is 2. The molecule has 2 N–H and O–H groups in total. The van der Waals surface area contributed by atoms with Crippen molar-refractivity contribution in [1.82, 2.24) is 0 Å². The number of likely N-dealkylation sites (tertiary alicyclic amines) is 1. The lowest BCUT2D eigenvalue weighted by atomic mass is 9.91. The molecule has 0 aromatic heterocycles. The molecule has 3 nitrogen and oxygen atoms in total. The summed E-state index contributed by atoms with van der Waals surface area (Å²) in [7, 11) is 0. The maximum Gasteiger partial charge on any atom is 0.282 e. The number of anilines is 1. The molecule has 1 unspecified atom stereocenters. The van der Waals surface area contributed by atoms with Gasteiger partial charge in [-0.1, -0.05) is 44.2 Å². The standard InChI is InChI=1S/C20H26N2O/c1-14-10-15(2)13-22(12-14)16(3)20(23)21-19-9-8-17-6-4-5-7-18(17)11-19/h4-9,11,14-16H,10,12-13H2,1-3H3,(H,21,23)/p+1/t14-,15+,16-/m0/s1. The van der Waals surface area contributed by atoms with Gasteiger partial charge in [0.05, 0.1) is 13.1 Å². The molecule has 122 valence electrons. The smallest absolute Gasteiger partial charge is 0.282 e. The molecule has 1 aliphatic heterocycles. The molecule has 23 heavy (non-hydrogen) atoms. The van der Waals surface area contributed by atoms with E-state index in [0.717, 1.165) is 24.2 Å². The molecule has 1 saturated heterocycles. The summed E-state index contributed by atoms with van der Waals surface area (Å²) in [4.78, 5) is 14.0. The van der Waals surface area contributed by atoms with E-state index >= 15 is 0 Å². The minimum absolute atomic E-state index is 0.00771. The third-order valence-corrected chi connectivity index (χ3v) is 5.05. The van der Waals surface area contributed by atoms with Crippen molar-refractivity contribution in [3.05, 3.63) is 42.5 Å². The zero-order valence-corrected chi connectivity index (χ0v) is 14.3. The number of rotatable bonds is 3. The summed E-state index contributed by atoms with van der Waals surface area (Å²) in [6.07, 6.45) is 1.28.